The number of ether oxygens (including phenoxy) is 1. The van der Waals surface area contributed by atoms with Crippen molar-refractivity contribution in [2.45, 2.75) is 38.5 Å². The van der Waals surface area contributed by atoms with Crippen molar-refractivity contribution in [2.75, 3.05) is 25.0 Å². The molecule has 0 aliphatic carbocycles. The van der Waals surface area contributed by atoms with Crippen LogP contribution in [0.2, 0.25) is 0 Å². The Hall–Kier alpha value is -1.71. The largest absolute Gasteiger partial charge is 0.375 e. The van der Waals surface area contributed by atoms with Crippen molar-refractivity contribution >= 4 is 5.82 Å². The zero-order valence-electron chi connectivity index (χ0n) is 12.5. The van der Waals surface area contributed by atoms with Crippen molar-refractivity contribution in [1.82, 2.24) is 14.9 Å². The summed E-state index contributed by atoms with van der Waals surface area (Å²) in [5, 5.41) is 12.4. The zero-order valence-corrected chi connectivity index (χ0v) is 12.5. The number of aromatic nitrogens is 2. The number of fused-ring (bicyclic) bond motifs is 1. The van der Waals surface area contributed by atoms with E-state index < -0.39 is 0 Å². The van der Waals surface area contributed by atoms with Crippen LogP contribution in [0.15, 0.2) is 12.4 Å². The van der Waals surface area contributed by atoms with Gasteiger partial charge in [0.25, 0.3) is 0 Å². The highest BCUT2D eigenvalue weighted by Crippen LogP contribution is 2.27. The van der Waals surface area contributed by atoms with Crippen LogP contribution in [-0.4, -0.2) is 52.8 Å². The Balaban J connectivity index is 1.64. The molecule has 1 aromatic heterocycles. The molecule has 0 radical (unpaired) electrons. The van der Waals surface area contributed by atoms with Gasteiger partial charge in [0.1, 0.15) is 6.07 Å². The van der Waals surface area contributed by atoms with Gasteiger partial charge in [-0.1, -0.05) is 13.8 Å². The number of rotatable bonds is 3. The number of nitriles is 1. The van der Waals surface area contributed by atoms with E-state index in [2.05, 4.69) is 40.1 Å². The topological polar surface area (TPSA) is 74.1 Å². The first kappa shape index (κ1) is 14.2. The van der Waals surface area contributed by atoms with Crippen LogP contribution < -0.4 is 5.32 Å². The number of nitrogens with zero attached hydrogens (tertiary/aromatic N) is 4. The molecule has 0 saturated carbocycles. The van der Waals surface area contributed by atoms with Crippen LogP contribution >= 0.6 is 0 Å². The second-order valence-corrected chi connectivity index (χ2v) is 6.17. The van der Waals surface area contributed by atoms with Crippen molar-refractivity contribution in [1.29, 1.82) is 5.26 Å². The Bertz CT molecular complexity index is 541. The fourth-order valence-electron chi connectivity index (χ4n) is 3.13. The molecular formula is C15H21N5O. The Morgan fingerprint density at radius 1 is 1.38 bits per heavy atom. The van der Waals surface area contributed by atoms with Crippen molar-refractivity contribution in [2.24, 2.45) is 5.92 Å². The van der Waals surface area contributed by atoms with Crippen LogP contribution in [0.3, 0.4) is 0 Å². The van der Waals surface area contributed by atoms with Gasteiger partial charge in [0, 0.05) is 37.6 Å². The van der Waals surface area contributed by atoms with E-state index in [1.165, 1.54) is 0 Å². The van der Waals surface area contributed by atoms with Gasteiger partial charge >= 0.3 is 0 Å². The third kappa shape index (κ3) is 2.99. The molecule has 1 aromatic rings. The standard InChI is InChI=1S/C15H21N5O/c1-10(2)14-8-20-7-11(5-12(20)9-21-14)19-15-13(6-16)17-3-4-18-15/h3-4,10-12,14H,5,7-9H2,1-2H3,(H,18,19)/t11-,12-,14-/m0/s1. The van der Waals surface area contributed by atoms with E-state index in [1.54, 1.807) is 12.4 Å². The molecule has 0 unspecified atom stereocenters. The monoisotopic (exact) mass is 287 g/mol. The quantitative estimate of drug-likeness (QED) is 0.902. The maximum absolute atomic E-state index is 9.07. The molecule has 6 heteroatoms. The number of nitrogens with one attached hydrogen (secondary N) is 1. The van der Waals surface area contributed by atoms with Gasteiger partial charge in [0.05, 0.1) is 12.7 Å². The number of morpholine rings is 1. The lowest BCUT2D eigenvalue weighted by Crippen LogP contribution is -2.48. The minimum Gasteiger partial charge on any atom is -0.375 e. The molecule has 0 spiro atoms. The van der Waals surface area contributed by atoms with E-state index in [4.69, 9.17) is 10.00 Å². The second-order valence-electron chi connectivity index (χ2n) is 6.17. The SMILES string of the molecule is CC(C)[C@@H]1CN2C[C@@H](Nc3nccnc3C#N)C[C@H]2CO1. The highest BCUT2D eigenvalue weighted by molar-refractivity contribution is 5.47. The fourth-order valence-corrected chi connectivity index (χ4v) is 3.13. The first-order valence-corrected chi connectivity index (χ1v) is 7.50. The van der Waals surface area contributed by atoms with E-state index in [-0.39, 0.29) is 0 Å². The molecule has 3 atom stereocenters. The predicted molar refractivity (Wildman–Crippen MR) is 78.7 cm³/mol. The maximum Gasteiger partial charge on any atom is 0.182 e. The molecule has 2 aliphatic heterocycles. The maximum atomic E-state index is 9.07. The number of hydrogen-bond donors (Lipinski definition) is 1. The second kappa shape index (κ2) is 5.96. The summed E-state index contributed by atoms with van der Waals surface area (Å²) in [6, 6.07) is 2.85. The molecule has 2 aliphatic rings. The van der Waals surface area contributed by atoms with E-state index in [0.717, 1.165) is 26.1 Å². The summed E-state index contributed by atoms with van der Waals surface area (Å²) >= 11 is 0. The first-order chi connectivity index (χ1) is 10.2. The van der Waals surface area contributed by atoms with Crippen molar-refractivity contribution < 1.29 is 4.74 Å². The molecule has 0 amide bonds. The van der Waals surface area contributed by atoms with Gasteiger partial charge in [-0.2, -0.15) is 5.26 Å². The van der Waals surface area contributed by atoms with Crippen LogP contribution in [0, 0.1) is 17.2 Å². The lowest BCUT2D eigenvalue weighted by molar-refractivity contribution is -0.0683. The summed E-state index contributed by atoms with van der Waals surface area (Å²) < 4.78 is 5.95. The van der Waals surface area contributed by atoms with Gasteiger partial charge in [-0.25, -0.2) is 9.97 Å². The molecule has 6 nitrogen and oxygen atoms in total. The molecular weight excluding hydrogens is 266 g/mol. The lowest BCUT2D eigenvalue weighted by Gasteiger charge is -2.36. The van der Waals surface area contributed by atoms with Gasteiger partial charge in [0.15, 0.2) is 11.5 Å². The van der Waals surface area contributed by atoms with Crippen LogP contribution in [0.4, 0.5) is 5.82 Å². The molecule has 2 fully saturated rings. The fraction of sp³-hybridized carbons (Fsp3) is 0.667. The summed E-state index contributed by atoms with van der Waals surface area (Å²) in [6.45, 7) is 7.17. The summed E-state index contributed by atoms with van der Waals surface area (Å²) in [5.74, 6) is 1.13. The molecule has 3 rings (SSSR count). The van der Waals surface area contributed by atoms with Gasteiger partial charge in [0.2, 0.25) is 0 Å². The number of anilines is 1. The third-order valence-electron chi connectivity index (χ3n) is 4.33. The van der Waals surface area contributed by atoms with Gasteiger partial charge in [-0.05, 0) is 12.3 Å². The molecule has 0 aromatic carbocycles. The average molecular weight is 287 g/mol. The van der Waals surface area contributed by atoms with Crippen LogP contribution in [-0.2, 0) is 4.74 Å². The molecule has 2 saturated heterocycles. The summed E-state index contributed by atoms with van der Waals surface area (Å²) in [5.41, 5.74) is 0.360. The highest BCUT2D eigenvalue weighted by Gasteiger charge is 2.38. The van der Waals surface area contributed by atoms with Crippen molar-refractivity contribution in [3.8, 4) is 6.07 Å². The summed E-state index contributed by atoms with van der Waals surface area (Å²) in [7, 11) is 0. The van der Waals surface area contributed by atoms with Crippen LogP contribution in [0.1, 0.15) is 26.0 Å². The minimum atomic E-state index is 0.299. The Morgan fingerprint density at radius 2 is 2.19 bits per heavy atom. The van der Waals surface area contributed by atoms with E-state index >= 15 is 0 Å². The van der Waals surface area contributed by atoms with Crippen LogP contribution in [0.5, 0.6) is 0 Å². The van der Waals surface area contributed by atoms with Gasteiger partial charge < -0.3 is 10.1 Å². The molecule has 0 bridgehead atoms. The molecule has 1 N–H and O–H groups in total. The highest BCUT2D eigenvalue weighted by atomic mass is 16.5. The Kier molecular flexibility index (Phi) is 4.04. The smallest absolute Gasteiger partial charge is 0.182 e. The van der Waals surface area contributed by atoms with Gasteiger partial charge in [-0.3, -0.25) is 4.90 Å². The normalized spacial score (nSPS) is 29.1. The molecule has 3 heterocycles. The summed E-state index contributed by atoms with van der Waals surface area (Å²) in [6.07, 6.45) is 4.50. The third-order valence-corrected chi connectivity index (χ3v) is 4.33. The Morgan fingerprint density at radius 3 is 2.95 bits per heavy atom. The van der Waals surface area contributed by atoms with Crippen molar-refractivity contribution in [3.63, 3.8) is 0 Å². The number of hydrogen-bond acceptors (Lipinski definition) is 6. The molecule has 112 valence electrons. The lowest BCUT2D eigenvalue weighted by atomic mass is 10.0. The Labute approximate surface area is 125 Å². The van der Waals surface area contributed by atoms with E-state index in [1.807, 2.05) is 0 Å². The summed E-state index contributed by atoms with van der Waals surface area (Å²) in [4.78, 5) is 10.8. The minimum absolute atomic E-state index is 0.299. The van der Waals surface area contributed by atoms with E-state index in [9.17, 15) is 0 Å². The first-order valence-electron chi connectivity index (χ1n) is 7.50. The average Bonchev–Trinajstić information content (AvgIpc) is 2.89. The predicted octanol–water partition coefficient (Wildman–Crippen LogP) is 1.26. The van der Waals surface area contributed by atoms with Crippen LogP contribution in [0.25, 0.3) is 0 Å². The van der Waals surface area contributed by atoms with Gasteiger partial charge in [-0.15, -0.1) is 0 Å². The zero-order chi connectivity index (χ0) is 14.8. The van der Waals surface area contributed by atoms with Crippen molar-refractivity contribution in [3.05, 3.63) is 18.1 Å². The van der Waals surface area contributed by atoms with E-state index in [0.29, 0.717) is 35.6 Å². The molecule has 21 heavy (non-hydrogen) atoms.